The maximum Gasteiger partial charge on any atom is 0.416 e. The predicted molar refractivity (Wildman–Crippen MR) is 166 cm³/mol. The third-order valence-corrected chi connectivity index (χ3v) is 10.7. The minimum atomic E-state index is -4.41. The van der Waals surface area contributed by atoms with Crippen molar-refractivity contribution in [2.75, 3.05) is 18.8 Å². The Labute approximate surface area is 256 Å². The highest BCUT2D eigenvalue weighted by Gasteiger charge is 2.43. The normalized spacial score (nSPS) is 24.9. The van der Waals surface area contributed by atoms with Gasteiger partial charge in [-0.25, -0.2) is 0 Å². The summed E-state index contributed by atoms with van der Waals surface area (Å²) in [5.41, 5.74) is 7.36. The summed E-state index contributed by atoms with van der Waals surface area (Å²) in [7, 11) is 0. The van der Waals surface area contributed by atoms with Crippen molar-refractivity contribution in [3.8, 4) is 11.1 Å². The highest BCUT2D eigenvalue weighted by atomic mass is 32.2. The molecule has 1 heterocycles. The Hall–Kier alpha value is -2.94. The SMILES string of the molecule is CC[C@H]1C[C@H]2CCCC(NC(=O)/C(N)=C/SCC3CCN(C(=O)c4ccccc4-c4ccc(C(F)(F)F)cc4)CC3)(C2)C1. The van der Waals surface area contributed by atoms with E-state index in [1.54, 1.807) is 41.4 Å². The fourth-order valence-electron chi connectivity index (χ4n) is 7.33. The Morgan fingerprint density at radius 2 is 1.77 bits per heavy atom. The molecule has 5 nitrogen and oxygen atoms in total. The molecule has 3 aliphatic rings. The first kappa shape index (κ1) is 31.5. The van der Waals surface area contributed by atoms with Crippen LogP contribution in [0.25, 0.3) is 11.1 Å². The number of alkyl halides is 3. The van der Waals surface area contributed by atoms with E-state index in [1.165, 1.54) is 31.4 Å². The predicted octanol–water partition coefficient (Wildman–Crippen LogP) is 7.62. The lowest BCUT2D eigenvalue weighted by molar-refractivity contribution is -0.137. The summed E-state index contributed by atoms with van der Waals surface area (Å²) in [6, 6.07) is 12.0. The molecule has 2 amide bonds. The number of hydrogen-bond donors (Lipinski definition) is 2. The third kappa shape index (κ3) is 7.59. The van der Waals surface area contributed by atoms with E-state index in [1.807, 2.05) is 4.90 Å². The van der Waals surface area contributed by atoms with Gasteiger partial charge in [-0.3, -0.25) is 9.59 Å². The number of halogens is 3. The van der Waals surface area contributed by atoms with Crippen molar-refractivity contribution < 1.29 is 22.8 Å². The lowest BCUT2D eigenvalue weighted by atomic mass is 9.63. The van der Waals surface area contributed by atoms with Crippen LogP contribution in [-0.4, -0.2) is 41.1 Å². The van der Waals surface area contributed by atoms with Crippen LogP contribution in [0.3, 0.4) is 0 Å². The lowest BCUT2D eigenvalue weighted by Gasteiger charge is -2.48. The van der Waals surface area contributed by atoms with E-state index in [4.69, 9.17) is 5.73 Å². The Kier molecular flexibility index (Phi) is 9.79. The van der Waals surface area contributed by atoms with Gasteiger partial charge in [-0.1, -0.05) is 56.5 Å². The Morgan fingerprint density at radius 3 is 2.47 bits per heavy atom. The van der Waals surface area contributed by atoms with Gasteiger partial charge in [-0.15, -0.1) is 11.8 Å². The van der Waals surface area contributed by atoms with Gasteiger partial charge in [0.15, 0.2) is 0 Å². The van der Waals surface area contributed by atoms with Gasteiger partial charge in [-0.05, 0) is 91.0 Å². The van der Waals surface area contributed by atoms with Crippen LogP contribution < -0.4 is 11.1 Å². The highest BCUT2D eigenvalue weighted by Crippen LogP contribution is 2.46. The number of nitrogens with zero attached hydrogens (tertiary/aromatic N) is 1. The molecule has 3 atom stereocenters. The van der Waals surface area contributed by atoms with E-state index in [-0.39, 0.29) is 23.1 Å². The molecule has 3 fully saturated rings. The number of thioether (sulfide) groups is 1. The van der Waals surface area contributed by atoms with E-state index < -0.39 is 11.7 Å². The maximum atomic E-state index is 13.5. The first-order chi connectivity index (χ1) is 20.6. The zero-order valence-corrected chi connectivity index (χ0v) is 25.6. The van der Waals surface area contributed by atoms with E-state index in [0.29, 0.717) is 47.5 Å². The molecule has 0 radical (unpaired) electrons. The van der Waals surface area contributed by atoms with E-state index in [0.717, 1.165) is 56.4 Å². The van der Waals surface area contributed by atoms with E-state index in [9.17, 15) is 22.8 Å². The zero-order valence-electron chi connectivity index (χ0n) is 24.8. The molecule has 0 aromatic heterocycles. The first-order valence-corrected chi connectivity index (χ1v) is 16.6. The highest BCUT2D eigenvalue weighted by molar-refractivity contribution is 8.02. The van der Waals surface area contributed by atoms with Crippen LogP contribution in [0, 0.1) is 17.8 Å². The summed E-state index contributed by atoms with van der Waals surface area (Å²) >= 11 is 1.56. The lowest BCUT2D eigenvalue weighted by Crippen LogP contribution is -2.55. The molecule has 9 heteroatoms. The first-order valence-electron chi connectivity index (χ1n) is 15.5. The van der Waals surface area contributed by atoms with Crippen LogP contribution in [0.1, 0.15) is 80.6 Å². The van der Waals surface area contributed by atoms with Gasteiger partial charge in [0.05, 0.1) is 5.56 Å². The van der Waals surface area contributed by atoms with Gasteiger partial charge in [0.2, 0.25) is 0 Å². The summed E-state index contributed by atoms with van der Waals surface area (Å²) in [5.74, 6) is 2.34. The molecule has 1 unspecified atom stereocenters. The van der Waals surface area contributed by atoms with Crippen LogP contribution in [0.2, 0.25) is 0 Å². The standard InChI is InChI=1S/C34H42F3N3O2S/c1-2-23-18-25-6-5-15-33(19-23,20-25)39-31(41)30(38)22-43-21-24-13-16-40(17-14-24)32(42)29-8-4-3-7-28(29)26-9-11-27(12-10-26)34(35,36)37/h3-4,7-12,22-25H,2,5-6,13-21,38H2,1H3,(H,39,41)/b30-22-/t23-,25+,33?/m0/s1. The Bertz CT molecular complexity index is 1320. The molecule has 1 saturated heterocycles. The summed E-state index contributed by atoms with van der Waals surface area (Å²) in [6.45, 7) is 3.45. The van der Waals surface area contributed by atoms with Crippen molar-refractivity contribution >= 4 is 23.6 Å². The van der Waals surface area contributed by atoms with E-state index >= 15 is 0 Å². The summed E-state index contributed by atoms with van der Waals surface area (Å²) in [5, 5.41) is 5.12. The van der Waals surface area contributed by atoms with Gasteiger partial charge in [0.1, 0.15) is 5.70 Å². The number of likely N-dealkylation sites (tertiary alicyclic amines) is 1. The van der Waals surface area contributed by atoms with Crippen molar-refractivity contribution in [1.29, 1.82) is 0 Å². The number of nitrogens with one attached hydrogen (secondary N) is 1. The maximum absolute atomic E-state index is 13.5. The summed E-state index contributed by atoms with van der Waals surface area (Å²) < 4.78 is 39.1. The monoisotopic (exact) mass is 613 g/mol. The number of rotatable bonds is 8. The Balaban J connectivity index is 1.12. The van der Waals surface area contributed by atoms with Gasteiger partial charge >= 0.3 is 6.18 Å². The van der Waals surface area contributed by atoms with E-state index in [2.05, 4.69) is 12.2 Å². The van der Waals surface area contributed by atoms with Crippen molar-refractivity contribution in [3.63, 3.8) is 0 Å². The molecule has 232 valence electrons. The number of carbonyl (C=O) groups is 2. The number of amides is 2. The fraction of sp³-hybridized carbons (Fsp3) is 0.529. The fourth-order valence-corrected chi connectivity index (χ4v) is 8.32. The minimum absolute atomic E-state index is 0.105. The number of fused-ring (bicyclic) bond motifs is 2. The van der Waals surface area contributed by atoms with Crippen LogP contribution in [0.4, 0.5) is 13.2 Å². The minimum Gasteiger partial charge on any atom is -0.394 e. The number of benzene rings is 2. The number of hydrogen-bond acceptors (Lipinski definition) is 4. The smallest absolute Gasteiger partial charge is 0.394 e. The van der Waals surface area contributed by atoms with Crippen molar-refractivity contribution in [3.05, 3.63) is 70.8 Å². The molecule has 2 bridgehead atoms. The van der Waals surface area contributed by atoms with Crippen LogP contribution in [0.5, 0.6) is 0 Å². The second-order valence-corrected chi connectivity index (χ2v) is 13.6. The van der Waals surface area contributed by atoms with Gasteiger partial charge in [-0.2, -0.15) is 13.2 Å². The van der Waals surface area contributed by atoms with Crippen molar-refractivity contribution in [1.82, 2.24) is 10.2 Å². The molecule has 2 aromatic carbocycles. The molecule has 43 heavy (non-hydrogen) atoms. The average Bonchev–Trinajstić information content (AvgIpc) is 3.00. The third-order valence-electron chi connectivity index (χ3n) is 9.64. The van der Waals surface area contributed by atoms with Crippen LogP contribution in [-0.2, 0) is 11.0 Å². The second kappa shape index (κ2) is 13.4. The topological polar surface area (TPSA) is 75.4 Å². The molecule has 2 aromatic rings. The second-order valence-electron chi connectivity index (χ2n) is 12.7. The molecule has 2 aliphatic carbocycles. The molecule has 2 saturated carbocycles. The quantitative estimate of drug-likeness (QED) is 0.301. The van der Waals surface area contributed by atoms with Gasteiger partial charge in [0.25, 0.3) is 11.8 Å². The number of piperidine rings is 1. The van der Waals surface area contributed by atoms with Crippen LogP contribution >= 0.6 is 11.8 Å². The zero-order chi connectivity index (χ0) is 30.6. The molecule has 0 spiro atoms. The molecule has 3 N–H and O–H groups in total. The summed E-state index contributed by atoms with van der Waals surface area (Å²) in [4.78, 5) is 28.3. The van der Waals surface area contributed by atoms with Gasteiger partial charge < -0.3 is 16.0 Å². The molecule has 1 aliphatic heterocycles. The molecule has 5 rings (SSSR count). The van der Waals surface area contributed by atoms with Crippen molar-refractivity contribution in [2.45, 2.75) is 76.4 Å². The Morgan fingerprint density at radius 1 is 1.05 bits per heavy atom. The average molecular weight is 614 g/mol. The molecular weight excluding hydrogens is 571 g/mol. The largest absolute Gasteiger partial charge is 0.416 e. The number of nitrogens with two attached hydrogens (primary N) is 1. The van der Waals surface area contributed by atoms with Gasteiger partial charge in [0, 0.05) is 29.9 Å². The van der Waals surface area contributed by atoms with Crippen molar-refractivity contribution in [2.24, 2.45) is 23.5 Å². The number of carbonyl (C=O) groups excluding carboxylic acids is 2. The summed E-state index contributed by atoms with van der Waals surface area (Å²) in [6.07, 6.45) is 5.31. The van der Waals surface area contributed by atoms with Crippen LogP contribution in [0.15, 0.2) is 59.6 Å². The molecular formula is C34H42F3N3O2S.